The summed E-state index contributed by atoms with van der Waals surface area (Å²) in [4.78, 5) is 19.6. The number of nitrogens with one attached hydrogen (secondary N) is 1. The molecule has 0 aromatic heterocycles. The standard InChI is InChI=1S/C36H37BrN2O6/c1-42-31-18-13-25(23-32(31)43-2)19-20-38-35(41)36(24-26-9-4-3-5-10-26)33(29-11-6-7-12-30(29)37)45-34(39-36)27-14-16-28(17-15-27)44-22-8-21-40/h3-7,9-18,23,33,40H,8,19-22,24H2,1-2H3,(H,38,41)/t33-,36-/m1/s1. The lowest BCUT2D eigenvalue weighted by Gasteiger charge is -2.31. The molecule has 0 bridgehead atoms. The van der Waals surface area contributed by atoms with Crippen molar-refractivity contribution >= 4 is 27.7 Å². The number of hydrogen-bond donors (Lipinski definition) is 2. The third-order valence-corrected chi connectivity index (χ3v) is 8.40. The van der Waals surface area contributed by atoms with Crippen molar-refractivity contribution in [2.75, 3.05) is 34.0 Å². The maximum atomic E-state index is 14.5. The first-order valence-corrected chi connectivity index (χ1v) is 15.6. The zero-order valence-electron chi connectivity index (χ0n) is 25.4. The number of amides is 1. The van der Waals surface area contributed by atoms with Crippen LogP contribution >= 0.6 is 15.9 Å². The summed E-state index contributed by atoms with van der Waals surface area (Å²) >= 11 is 3.70. The Morgan fingerprint density at radius 3 is 2.38 bits per heavy atom. The van der Waals surface area contributed by atoms with Crippen LogP contribution in [0.1, 0.15) is 34.8 Å². The number of hydrogen-bond acceptors (Lipinski definition) is 7. The van der Waals surface area contributed by atoms with Gasteiger partial charge in [-0.2, -0.15) is 0 Å². The lowest BCUT2D eigenvalue weighted by molar-refractivity contribution is -0.128. The van der Waals surface area contributed by atoms with Crippen LogP contribution in [-0.2, 0) is 22.4 Å². The van der Waals surface area contributed by atoms with E-state index in [1.807, 2.05) is 97.1 Å². The molecule has 0 unspecified atom stereocenters. The molecule has 2 atom stereocenters. The molecule has 0 aliphatic carbocycles. The van der Waals surface area contributed by atoms with Crippen LogP contribution in [0.5, 0.6) is 17.2 Å². The second-order valence-electron chi connectivity index (χ2n) is 10.7. The van der Waals surface area contributed by atoms with Gasteiger partial charge in [-0.25, -0.2) is 4.99 Å². The minimum absolute atomic E-state index is 0.0685. The Balaban J connectivity index is 1.49. The molecule has 0 radical (unpaired) electrons. The summed E-state index contributed by atoms with van der Waals surface area (Å²) in [5.74, 6) is 2.11. The van der Waals surface area contributed by atoms with E-state index < -0.39 is 11.6 Å². The maximum absolute atomic E-state index is 14.5. The van der Waals surface area contributed by atoms with Gasteiger partial charge in [-0.1, -0.05) is 70.5 Å². The first-order valence-electron chi connectivity index (χ1n) is 14.9. The molecule has 1 heterocycles. The topological polar surface area (TPSA) is 98.6 Å². The van der Waals surface area contributed by atoms with E-state index in [0.29, 0.717) is 55.6 Å². The SMILES string of the molecule is COc1ccc(CCNC(=O)[C@]2(Cc3ccccc3)N=C(c3ccc(OCCCO)cc3)O[C@@H]2c2ccccc2Br)cc1OC. The van der Waals surface area contributed by atoms with Crippen LogP contribution in [-0.4, -0.2) is 56.4 Å². The highest BCUT2D eigenvalue weighted by molar-refractivity contribution is 9.10. The molecular weight excluding hydrogens is 636 g/mol. The van der Waals surface area contributed by atoms with E-state index in [2.05, 4.69) is 21.2 Å². The van der Waals surface area contributed by atoms with Crippen LogP contribution in [0.3, 0.4) is 0 Å². The summed E-state index contributed by atoms with van der Waals surface area (Å²) in [6.07, 6.45) is 0.759. The first-order chi connectivity index (χ1) is 22.0. The van der Waals surface area contributed by atoms with Gasteiger partial charge in [-0.15, -0.1) is 0 Å². The van der Waals surface area contributed by atoms with E-state index >= 15 is 0 Å². The van der Waals surface area contributed by atoms with Crippen molar-refractivity contribution in [2.24, 2.45) is 4.99 Å². The number of methoxy groups -OCH3 is 2. The monoisotopic (exact) mass is 672 g/mol. The Morgan fingerprint density at radius 1 is 0.933 bits per heavy atom. The number of halogens is 1. The van der Waals surface area contributed by atoms with E-state index in [-0.39, 0.29) is 12.5 Å². The quantitative estimate of drug-likeness (QED) is 0.158. The molecule has 1 aliphatic heterocycles. The van der Waals surface area contributed by atoms with E-state index in [1.165, 1.54) is 0 Å². The van der Waals surface area contributed by atoms with Gasteiger partial charge in [0.05, 0.1) is 20.8 Å². The van der Waals surface area contributed by atoms with Gasteiger partial charge in [0.1, 0.15) is 5.75 Å². The van der Waals surface area contributed by atoms with Crippen molar-refractivity contribution < 1.29 is 28.8 Å². The highest BCUT2D eigenvalue weighted by atomic mass is 79.9. The number of aliphatic hydroxyl groups excluding tert-OH is 1. The largest absolute Gasteiger partial charge is 0.494 e. The number of aliphatic hydroxyl groups is 1. The summed E-state index contributed by atoms with van der Waals surface area (Å²) in [5.41, 5.74) is 2.22. The molecule has 234 valence electrons. The molecule has 4 aromatic rings. The van der Waals surface area contributed by atoms with Gasteiger partial charge in [-0.3, -0.25) is 4.79 Å². The Labute approximate surface area is 272 Å². The zero-order chi connectivity index (χ0) is 31.6. The Hall–Kier alpha value is -4.34. The van der Waals surface area contributed by atoms with E-state index in [9.17, 15) is 4.79 Å². The molecule has 0 saturated carbocycles. The van der Waals surface area contributed by atoms with Gasteiger partial charge >= 0.3 is 0 Å². The smallest absolute Gasteiger partial charge is 0.252 e. The lowest BCUT2D eigenvalue weighted by atomic mass is 9.82. The van der Waals surface area contributed by atoms with Crippen LogP contribution < -0.4 is 19.5 Å². The van der Waals surface area contributed by atoms with Crippen LogP contribution in [0.4, 0.5) is 0 Å². The molecule has 0 spiro atoms. The Kier molecular flexibility index (Phi) is 10.8. The average Bonchev–Trinajstić information content (AvgIpc) is 3.45. The summed E-state index contributed by atoms with van der Waals surface area (Å²) in [5, 5.41) is 12.2. The van der Waals surface area contributed by atoms with Gasteiger partial charge in [0, 0.05) is 41.6 Å². The van der Waals surface area contributed by atoms with Crippen molar-refractivity contribution in [3.8, 4) is 17.2 Å². The molecule has 8 nitrogen and oxygen atoms in total. The van der Waals surface area contributed by atoms with Gasteiger partial charge in [-0.05, 0) is 60.0 Å². The normalized spacial score (nSPS) is 17.2. The van der Waals surface area contributed by atoms with E-state index in [1.54, 1.807) is 14.2 Å². The first kappa shape index (κ1) is 32.1. The molecule has 2 N–H and O–H groups in total. The zero-order valence-corrected chi connectivity index (χ0v) is 27.0. The predicted octanol–water partition coefficient (Wildman–Crippen LogP) is 6.09. The van der Waals surface area contributed by atoms with Crippen LogP contribution in [0.15, 0.2) is 107 Å². The molecule has 45 heavy (non-hydrogen) atoms. The van der Waals surface area contributed by atoms with Crippen LogP contribution in [0.2, 0.25) is 0 Å². The van der Waals surface area contributed by atoms with Crippen LogP contribution in [0.25, 0.3) is 0 Å². The summed E-state index contributed by atoms with van der Waals surface area (Å²) in [7, 11) is 3.21. The molecule has 4 aromatic carbocycles. The average molecular weight is 674 g/mol. The van der Waals surface area contributed by atoms with E-state index in [4.69, 9.17) is 29.0 Å². The summed E-state index contributed by atoms with van der Waals surface area (Å²) < 4.78 is 24.0. The maximum Gasteiger partial charge on any atom is 0.252 e. The molecule has 1 amide bonds. The van der Waals surface area contributed by atoms with Crippen LogP contribution in [0, 0.1) is 0 Å². The number of ether oxygens (including phenoxy) is 4. The number of aliphatic imine (C=N–C) groups is 1. The third kappa shape index (κ3) is 7.49. The van der Waals surface area contributed by atoms with E-state index in [0.717, 1.165) is 26.7 Å². The second-order valence-corrected chi connectivity index (χ2v) is 11.5. The van der Waals surface area contributed by atoms with Crippen molar-refractivity contribution in [2.45, 2.75) is 30.9 Å². The fourth-order valence-corrected chi connectivity index (χ4v) is 5.86. The summed E-state index contributed by atoms with van der Waals surface area (Å²) in [6.45, 7) is 0.873. The minimum Gasteiger partial charge on any atom is -0.494 e. The van der Waals surface area contributed by atoms with Gasteiger partial charge in [0.2, 0.25) is 5.90 Å². The van der Waals surface area contributed by atoms with Crippen molar-refractivity contribution in [3.05, 3.63) is 124 Å². The molecule has 0 saturated heterocycles. The molecular formula is C36H37BrN2O6. The fourth-order valence-electron chi connectivity index (χ4n) is 5.36. The number of nitrogens with zero attached hydrogens (tertiary/aromatic N) is 1. The second kappa shape index (κ2) is 15.1. The molecule has 9 heteroatoms. The summed E-state index contributed by atoms with van der Waals surface area (Å²) in [6, 6.07) is 30.8. The van der Waals surface area contributed by atoms with Gasteiger partial charge < -0.3 is 29.4 Å². The fraction of sp³-hybridized carbons (Fsp3) is 0.278. The number of benzene rings is 4. The Bertz CT molecular complexity index is 1610. The van der Waals surface area contributed by atoms with Gasteiger partial charge in [0.25, 0.3) is 5.91 Å². The highest BCUT2D eigenvalue weighted by Crippen LogP contribution is 2.44. The van der Waals surface area contributed by atoms with Crippen molar-refractivity contribution in [1.82, 2.24) is 5.32 Å². The predicted molar refractivity (Wildman–Crippen MR) is 177 cm³/mol. The van der Waals surface area contributed by atoms with Crippen molar-refractivity contribution in [1.29, 1.82) is 0 Å². The highest BCUT2D eigenvalue weighted by Gasteiger charge is 2.53. The molecule has 0 fully saturated rings. The molecule has 5 rings (SSSR count). The third-order valence-electron chi connectivity index (χ3n) is 7.68. The minimum atomic E-state index is -1.30. The number of carbonyl (C=O) groups excluding carboxylic acids is 1. The lowest BCUT2D eigenvalue weighted by Crippen LogP contribution is -2.50. The Morgan fingerprint density at radius 2 is 1.67 bits per heavy atom. The number of rotatable bonds is 14. The van der Waals surface area contributed by atoms with Crippen molar-refractivity contribution in [3.63, 3.8) is 0 Å². The number of carbonyl (C=O) groups is 1. The van der Waals surface area contributed by atoms with Gasteiger partial charge in [0.15, 0.2) is 23.1 Å². The molecule has 1 aliphatic rings.